The largest absolute Gasteiger partial charge is 0.352 e. The molecule has 1 aliphatic heterocycles. The van der Waals surface area contributed by atoms with Gasteiger partial charge in [0, 0.05) is 31.2 Å². The van der Waals surface area contributed by atoms with Crippen molar-refractivity contribution in [1.82, 2.24) is 5.32 Å². The SMILES string of the molecule is CCCCC(CN)NC(=O)C1CC(=O)N(c2cccc(S(N)(=O)=O)c2)C1.Cl. The van der Waals surface area contributed by atoms with Crippen LogP contribution in [0.4, 0.5) is 5.69 Å². The molecule has 0 radical (unpaired) electrons. The van der Waals surface area contributed by atoms with Crippen LogP contribution >= 0.6 is 12.4 Å². The van der Waals surface area contributed by atoms with Gasteiger partial charge in [0.1, 0.15) is 0 Å². The van der Waals surface area contributed by atoms with Crippen LogP contribution in [0, 0.1) is 5.92 Å². The summed E-state index contributed by atoms with van der Waals surface area (Å²) in [5.74, 6) is -0.916. The Morgan fingerprint density at radius 3 is 2.70 bits per heavy atom. The maximum Gasteiger partial charge on any atom is 0.238 e. The van der Waals surface area contributed by atoms with Crippen LogP contribution in [0.3, 0.4) is 0 Å². The zero-order valence-corrected chi connectivity index (χ0v) is 16.9. The lowest BCUT2D eigenvalue weighted by Crippen LogP contribution is -2.43. The van der Waals surface area contributed by atoms with Gasteiger partial charge >= 0.3 is 0 Å². The molecule has 27 heavy (non-hydrogen) atoms. The van der Waals surface area contributed by atoms with Gasteiger partial charge in [0.15, 0.2) is 0 Å². The minimum atomic E-state index is -3.86. The topological polar surface area (TPSA) is 136 Å². The smallest absolute Gasteiger partial charge is 0.238 e. The van der Waals surface area contributed by atoms with Crippen molar-refractivity contribution >= 4 is 39.9 Å². The number of halogens is 1. The monoisotopic (exact) mass is 418 g/mol. The fourth-order valence-corrected chi connectivity index (χ4v) is 3.53. The predicted molar refractivity (Wildman–Crippen MR) is 106 cm³/mol. The Morgan fingerprint density at radius 1 is 1.41 bits per heavy atom. The van der Waals surface area contributed by atoms with Gasteiger partial charge in [-0.2, -0.15) is 0 Å². The van der Waals surface area contributed by atoms with E-state index in [1.54, 1.807) is 6.07 Å². The fourth-order valence-electron chi connectivity index (χ4n) is 2.98. The molecule has 0 spiro atoms. The van der Waals surface area contributed by atoms with Crippen LogP contribution in [0.5, 0.6) is 0 Å². The zero-order valence-electron chi connectivity index (χ0n) is 15.3. The van der Waals surface area contributed by atoms with Gasteiger partial charge in [0.2, 0.25) is 21.8 Å². The number of nitrogens with zero attached hydrogens (tertiary/aromatic N) is 1. The number of hydrogen-bond donors (Lipinski definition) is 3. The van der Waals surface area contributed by atoms with Crippen molar-refractivity contribution in [2.45, 2.75) is 43.5 Å². The Labute approximate surface area is 166 Å². The molecular formula is C17H27ClN4O4S. The average Bonchev–Trinajstić information content (AvgIpc) is 2.99. The summed E-state index contributed by atoms with van der Waals surface area (Å²) in [7, 11) is -3.86. The highest BCUT2D eigenvalue weighted by Gasteiger charge is 2.35. The van der Waals surface area contributed by atoms with Crippen LogP contribution in [0.25, 0.3) is 0 Å². The first-order chi connectivity index (χ1) is 12.3. The molecule has 1 saturated heterocycles. The molecule has 0 bridgehead atoms. The molecule has 2 unspecified atom stereocenters. The van der Waals surface area contributed by atoms with Crippen LogP contribution in [-0.2, 0) is 19.6 Å². The molecule has 1 aromatic carbocycles. The van der Waals surface area contributed by atoms with Crippen LogP contribution < -0.4 is 21.1 Å². The van der Waals surface area contributed by atoms with Crippen molar-refractivity contribution < 1.29 is 18.0 Å². The molecule has 152 valence electrons. The summed E-state index contributed by atoms with van der Waals surface area (Å²) in [5, 5.41) is 8.05. The first-order valence-corrected chi connectivity index (χ1v) is 10.2. The van der Waals surface area contributed by atoms with Crippen LogP contribution in [0.2, 0.25) is 0 Å². The van der Waals surface area contributed by atoms with Crippen molar-refractivity contribution in [3.8, 4) is 0 Å². The summed E-state index contributed by atoms with van der Waals surface area (Å²) in [6.45, 7) is 2.62. The number of anilines is 1. The molecular weight excluding hydrogens is 392 g/mol. The van der Waals surface area contributed by atoms with Crippen molar-refractivity contribution in [3.63, 3.8) is 0 Å². The van der Waals surface area contributed by atoms with E-state index in [1.807, 2.05) is 0 Å². The number of carbonyl (C=O) groups is 2. The number of unbranched alkanes of at least 4 members (excludes halogenated alkanes) is 1. The van der Waals surface area contributed by atoms with Gasteiger partial charge in [0.25, 0.3) is 0 Å². The molecule has 0 aliphatic carbocycles. The quantitative estimate of drug-likeness (QED) is 0.572. The summed E-state index contributed by atoms with van der Waals surface area (Å²) < 4.78 is 23.0. The van der Waals surface area contributed by atoms with E-state index in [0.29, 0.717) is 12.2 Å². The number of nitrogens with two attached hydrogens (primary N) is 2. The second kappa shape index (κ2) is 10.0. The molecule has 2 amide bonds. The summed E-state index contributed by atoms with van der Waals surface area (Å²) in [6, 6.07) is 5.75. The average molecular weight is 419 g/mol. The summed E-state index contributed by atoms with van der Waals surface area (Å²) in [4.78, 5) is 26.1. The number of hydrogen-bond acceptors (Lipinski definition) is 5. The first kappa shape index (κ1) is 23.4. The Kier molecular flexibility index (Phi) is 8.67. The molecule has 1 fully saturated rings. The van der Waals surface area contributed by atoms with E-state index in [0.717, 1.165) is 19.3 Å². The minimum absolute atomic E-state index is 0. The molecule has 0 aromatic heterocycles. The minimum Gasteiger partial charge on any atom is -0.352 e. The molecule has 5 N–H and O–H groups in total. The summed E-state index contributed by atoms with van der Waals surface area (Å²) >= 11 is 0. The molecule has 2 rings (SSSR count). The van der Waals surface area contributed by atoms with Crippen molar-refractivity contribution in [1.29, 1.82) is 0 Å². The van der Waals surface area contributed by atoms with E-state index in [9.17, 15) is 18.0 Å². The third kappa shape index (κ3) is 6.17. The van der Waals surface area contributed by atoms with Crippen molar-refractivity contribution in [3.05, 3.63) is 24.3 Å². The number of rotatable bonds is 8. The molecule has 2 atom stereocenters. The van der Waals surface area contributed by atoms with E-state index in [1.165, 1.54) is 23.1 Å². The van der Waals surface area contributed by atoms with Gasteiger partial charge in [0.05, 0.1) is 10.8 Å². The zero-order chi connectivity index (χ0) is 19.3. The highest BCUT2D eigenvalue weighted by atomic mass is 35.5. The Bertz CT molecular complexity index is 772. The lowest BCUT2D eigenvalue weighted by atomic mass is 10.1. The van der Waals surface area contributed by atoms with Gasteiger partial charge in [-0.3, -0.25) is 9.59 Å². The molecule has 1 aliphatic rings. The lowest BCUT2D eigenvalue weighted by Gasteiger charge is -2.20. The Morgan fingerprint density at radius 2 is 2.11 bits per heavy atom. The lowest BCUT2D eigenvalue weighted by molar-refractivity contribution is -0.126. The van der Waals surface area contributed by atoms with Crippen LogP contribution in [0.15, 0.2) is 29.2 Å². The molecule has 8 nitrogen and oxygen atoms in total. The highest BCUT2D eigenvalue weighted by molar-refractivity contribution is 7.89. The van der Waals surface area contributed by atoms with E-state index >= 15 is 0 Å². The van der Waals surface area contributed by atoms with Crippen molar-refractivity contribution in [2.24, 2.45) is 16.8 Å². The number of sulfonamides is 1. The van der Waals surface area contributed by atoms with E-state index in [-0.39, 0.29) is 48.1 Å². The van der Waals surface area contributed by atoms with Gasteiger partial charge < -0.3 is 16.0 Å². The molecule has 1 heterocycles. The standard InChI is InChI=1S/C17H26N4O4S.ClH/c1-2-3-5-13(10-18)20-17(23)12-8-16(22)21(11-12)14-6-4-7-15(9-14)26(19,24)25;/h4,6-7,9,12-13H,2-3,5,8,10-11,18H2,1H3,(H,20,23)(H2,19,24,25);1H. The molecule has 0 saturated carbocycles. The predicted octanol–water partition coefficient (Wildman–Crippen LogP) is 0.742. The summed E-state index contributed by atoms with van der Waals surface area (Å²) in [6.07, 6.45) is 2.87. The van der Waals surface area contributed by atoms with Gasteiger partial charge in [-0.05, 0) is 24.6 Å². The molecule has 1 aromatic rings. The molecule has 10 heteroatoms. The third-order valence-corrected chi connectivity index (χ3v) is 5.40. The first-order valence-electron chi connectivity index (χ1n) is 8.70. The third-order valence-electron chi connectivity index (χ3n) is 4.49. The summed E-state index contributed by atoms with van der Waals surface area (Å²) in [5.41, 5.74) is 6.12. The van der Waals surface area contributed by atoms with Gasteiger partial charge in [-0.1, -0.05) is 25.8 Å². The van der Waals surface area contributed by atoms with Gasteiger partial charge in [-0.15, -0.1) is 12.4 Å². The van der Waals surface area contributed by atoms with E-state index < -0.39 is 15.9 Å². The highest BCUT2D eigenvalue weighted by Crippen LogP contribution is 2.27. The van der Waals surface area contributed by atoms with Crippen LogP contribution in [0.1, 0.15) is 32.6 Å². The van der Waals surface area contributed by atoms with E-state index in [2.05, 4.69) is 12.2 Å². The maximum absolute atomic E-state index is 12.5. The van der Waals surface area contributed by atoms with Gasteiger partial charge in [-0.25, -0.2) is 13.6 Å². The number of amides is 2. The van der Waals surface area contributed by atoms with Crippen LogP contribution in [-0.4, -0.2) is 39.4 Å². The second-order valence-corrected chi connectivity index (χ2v) is 8.09. The van der Waals surface area contributed by atoms with E-state index in [4.69, 9.17) is 10.9 Å². The second-order valence-electron chi connectivity index (χ2n) is 6.53. The normalized spacial score (nSPS) is 18.1. The number of primary sulfonamides is 1. The van der Waals surface area contributed by atoms with Crippen molar-refractivity contribution in [2.75, 3.05) is 18.0 Å². The Balaban J connectivity index is 0.00000364. The number of carbonyl (C=O) groups excluding carboxylic acids is 2. The fraction of sp³-hybridized carbons (Fsp3) is 0.529. The Hall–Kier alpha value is -1.68. The number of nitrogens with one attached hydrogen (secondary N) is 1. The maximum atomic E-state index is 12.5. The number of benzene rings is 1.